The molecule has 82 valence electrons. The van der Waals surface area contributed by atoms with Crippen molar-refractivity contribution in [1.82, 2.24) is 4.90 Å². The summed E-state index contributed by atoms with van der Waals surface area (Å²) in [5, 5.41) is 16.2. The maximum absolute atomic E-state index is 9.44. The van der Waals surface area contributed by atoms with Crippen LogP contribution in [-0.4, -0.2) is 45.4 Å². The molecule has 0 aliphatic heterocycles. The zero-order valence-electron chi connectivity index (χ0n) is 6.88. The molecule has 0 aliphatic rings. The van der Waals surface area contributed by atoms with Gasteiger partial charge in [-0.2, -0.15) is 0 Å². The number of hydrogen-bond donors (Lipinski definition) is 4. The molecule has 0 amide bonds. The number of nitrogens with zero attached hydrogens (tertiary/aromatic N) is 1. The molecule has 0 heterocycles. The molecule has 10 heteroatoms. The van der Waals surface area contributed by atoms with Gasteiger partial charge < -0.3 is 20.0 Å². The molecular formula is C3H13NO7P2. The Morgan fingerprint density at radius 2 is 1.46 bits per heavy atom. The molecule has 8 nitrogen and oxygen atoms in total. The lowest BCUT2D eigenvalue weighted by molar-refractivity contribution is 0.0512. The van der Waals surface area contributed by atoms with Crippen molar-refractivity contribution < 1.29 is 33.4 Å². The van der Waals surface area contributed by atoms with Gasteiger partial charge in [0.1, 0.15) is 0 Å². The third-order valence-corrected chi connectivity index (χ3v) is 2.05. The van der Waals surface area contributed by atoms with E-state index in [9.17, 15) is 9.13 Å². The minimum absolute atomic E-state index is 0.0868. The normalized spacial score (nSPS) is 14.6. The Morgan fingerprint density at radius 3 is 1.46 bits per heavy atom. The largest absolute Gasteiger partial charge is 0.381 e. The van der Waals surface area contributed by atoms with Crippen LogP contribution in [-0.2, 0) is 13.4 Å². The third-order valence-electron chi connectivity index (χ3n) is 0.657. The molecule has 2 unspecified atom stereocenters. The highest BCUT2D eigenvalue weighted by molar-refractivity contribution is 7.46. The summed E-state index contributed by atoms with van der Waals surface area (Å²) in [6, 6.07) is 0. The Labute approximate surface area is 76.3 Å². The minimum Gasteiger partial charge on any atom is -0.381 e. The van der Waals surface area contributed by atoms with Crippen molar-refractivity contribution in [3.63, 3.8) is 0 Å². The molecule has 0 saturated heterocycles. The molecule has 0 aromatic carbocycles. The van der Waals surface area contributed by atoms with Crippen molar-refractivity contribution >= 4 is 16.5 Å². The monoisotopic (exact) mass is 237 g/mol. The molecule has 0 bridgehead atoms. The van der Waals surface area contributed by atoms with Gasteiger partial charge in [0, 0.05) is 0 Å². The maximum Gasteiger partial charge on any atom is 0.323 e. The number of hydrogen-bond acceptors (Lipinski definition) is 6. The lowest BCUT2D eigenvalue weighted by atomic mass is 10.9. The van der Waals surface area contributed by atoms with Gasteiger partial charge in [-0.25, -0.2) is 4.31 Å². The van der Waals surface area contributed by atoms with E-state index in [4.69, 9.17) is 20.0 Å². The smallest absolute Gasteiger partial charge is 0.323 e. The van der Waals surface area contributed by atoms with E-state index in [0.29, 0.717) is 0 Å². The van der Waals surface area contributed by atoms with Crippen LogP contribution in [0.15, 0.2) is 0 Å². The quantitative estimate of drug-likeness (QED) is 0.346. The van der Waals surface area contributed by atoms with Gasteiger partial charge in [-0.1, -0.05) is 0 Å². The van der Waals surface area contributed by atoms with Gasteiger partial charge in [-0.15, -0.1) is 0 Å². The van der Waals surface area contributed by atoms with Crippen molar-refractivity contribution in [2.45, 2.75) is 0 Å². The Hall–Kier alpha value is 0.220. The van der Waals surface area contributed by atoms with E-state index >= 15 is 0 Å². The summed E-state index contributed by atoms with van der Waals surface area (Å²) in [5.74, 6) is 0. The molecule has 0 aromatic rings. The zero-order chi connectivity index (χ0) is 10.9. The van der Waals surface area contributed by atoms with Crippen LogP contribution in [0.4, 0.5) is 0 Å². The molecule has 0 rings (SSSR count). The summed E-state index contributed by atoms with van der Waals surface area (Å²) < 4.78 is 22.3. The topological polar surface area (TPSA) is 128 Å². The average molecular weight is 237 g/mol. The van der Waals surface area contributed by atoms with E-state index < -0.39 is 16.5 Å². The van der Waals surface area contributed by atoms with Gasteiger partial charge >= 0.3 is 16.5 Å². The van der Waals surface area contributed by atoms with Crippen molar-refractivity contribution in [3.05, 3.63) is 0 Å². The molecule has 0 spiro atoms. The number of rotatable bonds is 4. The Bertz CT molecular complexity index is 148. The van der Waals surface area contributed by atoms with Crippen LogP contribution in [0.1, 0.15) is 0 Å². The summed E-state index contributed by atoms with van der Waals surface area (Å²) in [6.07, 6.45) is 0. The van der Waals surface area contributed by atoms with E-state index in [1.807, 2.05) is 0 Å². The van der Waals surface area contributed by atoms with E-state index in [0.717, 1.165) is 0 Å². The molecule has 0 radical (unpaired) electrons. The van der Waals surface area contributed by atoms with Gasteiger partial charge in [0.25, 0.3) is 0 Å². The first-order valence-corrected chi connectivity index (χ1v) is 5.50. The van der Waals surface area contributed by atoms with Crippen molar-refractivity contribution in [3.8, 4) is 0 Å². The van der Waals surface area contributed by atoms with Crippen LogP contribution in [0.2, 0.25) is 0 Å². The van der Waals surface area contributed by atoms with E-state index in [1.54, 1.807) is 7.05 Å². The SMILES string of the molecule is CN(CO)CO.O=[PH](O)O[PH](=O)O. The van der Waals surface area contributed by atoms with Crippen molar-refractivity contribution in [1.29, 1.82) is 0 Å². The zero-order valence-corrected chi connectivity index (χ0v) is 8.88. The highest BCUT2D eigenvalue weighted by Gasteiger charge is 1.93. The highest BCUT2D eigenvalue weighted by Crippen LogP contribution is 2.30. The first-order chi connectivity index (χ1) is 5.93. The summed E-state index contributed by atoms with van der Waals surface area (Å²) in [5.41, 5.74) is 0. The second-order valence-corrected chi connectivity index (χ2v) is 3.65. The predicted molar refractivity (Wildman–Crippen MR) is 45.5 cm³/mol. The van der Waals surface area contributed by atoms with Crippen LogP contribution in [0.25, 0.3) is 0 Å². The first-order valence-electron chi connectivity index (χ1n) is 2.98. The van der Waals surface area contributed by atoms with Gasteiger partial charge in [0.2, 0.25) is 0 Å². The predicted octanol–water partition coefficient (Wildman–Crippen LogP) is -1.42. The molecule has 0 aliphatic carbocycles. The van der Waals surface area contributed by atoms with Crippen LogP contribution >= 0.6 is 16.5 Å². The lowest BCUT2D eigenvalue weighted by Gasteiger charge is -2.05. The van der Waals surface area contributed by atoms with Crippen LogP contribution in [0, 0.1) is 0 Å². The second-order valence-electron chi connectivity index (χ2n) is 1.77. The van der Waals surface area contributed by atoms with Crippen LogP contribution in [0.5, 0.6) is 0 Å². The fourth-order valence-electron chi connectivity index (χ4n) is 0.119. The molecule has 0 aromatic heterocycles. The van der Waals surface area contributed by atoms with Crippen LogP contribution in [0.3, 0.4) is 0 Å². The molecule has 0 saturated carbocycles. The van der Waals surface area contributed by atoms with Gasteiger partial charge in [0.15, 0.2) is 0 Å². The standard InChI is InChI=1S/C3H9NO2.H4O5P2/c1-4(2-5)3-6;1-6(2)5-7(3)4/h5-6H,2-3H2,1H3;6-7H,(H,1,2)(H,3,4). The summed E-state index contributed by atoms with van der Waals surface area (Å²) in [4.78, 5) is 16.8. The Balaban J connectivity index is 0. The van der Waals surface area contributed by atoms with E-state index in [2.05, 4.69) is 4.31 Å². The number of aliphatic hydroxyl groups is 2. The summed E-state index contributed by atoms with van der Waals surface area (Å²) in [7, 11) is -4.79. The Kier molecular flexibility index (Phi) is 12.4. The first kappa shape index (κ1) is 15.7. The third kappa shape index (κ3) is 18.9. The molecule has 2 atom stereocenters. The Morgan fingerprint density at radius 1 is 1.15 bits per heavy atom. The number of aliphatic hydroxyl groups excluding tert-OH is 2. The van der Waals surface area contributed by atoms with E-state index in [1.165, 1.54) is 4.90 Å². The summed E-state index contributed by atoms with van der Waals surface area (Å²) in [6.45, 7) is -0.174. The van der Waals surface area contributed by atoms with Crippen molar-refractivity contribution in [2.24, 2.45) is 0 Å². The molecular weight excluding hydrogens is 224 g/mol. The maximum atomic E-state index is 9.44. The average Bonchev–Trinajstić information content (AvgIpc) is 2.01. The fraction of sp³-hybridized carbons (Fsp3) is 1.00. The molecule has 0 fully saturated rings. The second kappa shape index (κ2) is 10.3. The van der Waals surface area contributed by atoms with Crippen molar-refractivity contribution in [2.75, 3.05) is 20.5 Å². The van der Waals surface area contributed by atoms with Crippen LogP contribution < -0.4 is 0 Å². The van der Waals surface area contributed by atoms with Gasteiger partial charge in [-0.05, 0) is 7.05 Å². The molecule has 13 heavy (non-hydrogen) atoms. The fourth-order valence-corrected chi connectivity index (χ4v) is 0.717. The minimum atomic E-state index is -3.20. The van der Waals surface area contributed by atoms with Gasteiger partial charge in [0.05, 0.1) is 13.5 Å². The van der Waals surface area contributed by atoms with Gasteiger partial charge in [-0.3, -0.25) is 14.0 Å². The highest BCUT2D eigenvalue weighted by atomic mass is 31.2. The van der Waals surface area contributed by atoms with E-state index in [-0.39, 0.29) is 13.5 Å². The molecule has 4 N–H and O–H groups in total. The summed E-state index contributed by atoms with van der Waals surface area (Å²) >= 11 is 0. The lowest BCUT2D eigenvalue weighted by Crippen LogP contribution is -2.19.